The second-order valence-corrected chi connectivity index (χ2v) is 3.81. The summed E-state index contributed by atoms with van der Waals surface area (Å²) in [6, 6.07) is 0. The van der Waals surface area contributed by atoms with Crippen molar-refractivity contribution in [3.8, 4) is 6.19 Å². The average Bonchev–Trinajstić information content (AvgIpc) is 1.89. The smallest absolute Gasteiger partial charge is 0.214 e. The summed E-state index contributed by atoms with van der Waals surface area (Å²) >= 11 is 0. The molecule has 0 radical (unpaired) electrons. The number of rotatable bonds is 2. The molecule has 0 N–H and O–H groups in total. The minimum Gasteiger partial charge on any atom is -0.244 e. The molecule has 0 fully saturated rings. The first-order valence-electron chi connectivity index (χ1n) is 2.44. The minimum absolute atomic E-state index is 0.351. The third-order valence-electron chi connectivity index (χ3n) is 0.869. The molecule has 0 heterocycles. The van der Waals surface area contributed by atoms with Crippen molar-refractivity contribution in [2.24, 2.45) is 4.36 Å². The van der Waals surface area contributed by atoms with Gasteiger partial charge >= 0.3 is 0 Å². The number of hydrogen-bond donors (Lipinski definition) is 0. The molecule has 0 bridgehead atoms. The lowest BCUT2D eigenvalue weighted by Crippen LogP contribution is -1.95. The van der Waals surface area contributed by atoms with E-state index < -0.39 is 9.73 Å². The first-order chi connectivity index (χ1) is 4.18. The molecule has 0 amide bonds. The van der Waals surface area contributed by atoms with Crippen LogP contribution in [0.5, 0.6) is 0 Å². The molecule has 0 aromatic rings. The zero-order chi connectivity index (χ0) is 7.33. The van der Waals surface area contributed by atoms with Gasteiger partial charge in [0.2, 0.25) is 6.19 Å². The maximum atomic E-state index is 11.0. The van der Waals surface area contributed by atoms with E-state index in [4.69, 9.17) is 5.26 Å². The summed E-state index contributed by atoms with van der Waals surface area (Å²) in [5, 5.41) is 9.24. The van der Waals surface area contributed by atoms with E-state index in [2.05, 4.69) is 10.9 Å². The zero-order valence-electron chi connectivity index (χ0n) is 5.20. The minimum atomic E-state index is -2.39. The van der Waals surface area contributed by atoms with Crippen molar-refractivity contribution in [1.82, 2.24) is 0 Å². The molecule has 0 saturated carbocycles. The van der Waals surface area contributed by atoms with Crippen LogP contribution >= 0.6 is 0 Å². The van der Waals surface area contributed by atoms with E-state index in [-0.39, 0.29) is 0 Å². The van der Waals surface area contributed by atoms with E-state index >= 15 is 0 Å². The molecule has 9 heavy (non-hydrogen) atoms. The van der Waals surface area contributed by atoms with Crippen LogP contribution in [0.3, 0.4) is 0 Å². The quantitative estimate of drug-likeness (QED) is 0.545. The average molecular weight is 144 g/mol. The molecule has 3 nitrogen and oxygen atoms in total. The van der Waals surface area contributed by atoms with E-state index in [1.54, 1.807) is 6.92 Å². The molecule has 0 rings (SSSR count). The molecule has 0 aliphatic carbocycles. The van der Waals surface area contributed by atoms with Crippen LogP contribution in [0.2, 0.25) is 0 Å². The largest absolute Gasteiger partial charge is 0.244 e. The van der Waals surface area contributed by atoms with Crippen LogP contribution in [0.1, 0.15) is 6.92 Å². The highest BCUT2D eigenvalue weighted by atomic mass is 32.2. The fourth-order valence-electron chi connectivity index (χ4n) is 0.289. The first-order valence-corrected chi connectivity index (χ1v) is 4.18. The van der Waals surface area contributed by atoms with E-state index in [9.17, 15) is 4.21 Å². The Morgan fingerprint density at radius 3 is 2.67 bits per heavy atom. The van der Waals surface area contributed by atoms with Crippen molar-refractivity contribution in [3.63, 3.8) is 0 Å². The van der Waals surface area contributed by atoms with Crippen LogP contribution in [-0.4, -0.2) is 9.96 Å². The molecule has 0 saturated heterocycles. The number of hydrogen-bond acceptors (Lipinski definition) is 3. The predicted molar refractivity (Wildman–Crippen MR) is 36.9 cm³/mol. The highest BCUT2D eigenvalue weighted by Gasteiger charge is 1.95. The summed E-state index contributed by atoms with van der Waals surface area (Å²) in [6.07, 6.45) is 1.49. The third-order valence-corrected chi connectivity index (χ3v) is 2.61. The lowest BCUT2D eigenvalue weighted by Gasteiger charge is -1.92. The van der Waals surface area contributed by atoms with Crippen LogP contribution in [0, 0.1) is 11.5 Å². The van der Waals surface area contributed by atoms with Gasteiger partial charge in [-0.2, -0.15) is 5.26 Å². The maximum absolute atomic E-state index is 11.0. The molecular formula is C5H8N2OS. The standard InChI is InChI=1S/C5H8N2OS/c1-3-9(8,4-2)7-5-6/h3H,1,4H2,2H3. The Balaban J connectivity index is 4.76. The van der Waals surface area contributed by atoms with Gasteiger partial charge in [-0.05, 0) is 0 Å². The van der Waals surface area contributed by atoms with Gasteiger partial charge in [0.05, 0.1) is 9.73 Å². The second-order valence-electron chi connectivity index (χ2n) is 1.34. The molecule has 0 aliphatic rings. The van der Waals surface area contributed by atoms with Crippen molar-refractivity contribution in [1.29, 1.82) is 5.26 Å². The third kappa shape index (κ3) is 2.29. The van der Waals surface area contributed by atoms with Gasteiger partial charge in [0.25, 0.3) is 0 Å². The molecular weight excluding hydrogens is 136 g/mol. The van der Waals surface area contributed by atoms with Gasteiger partial charge in [0.15, 0.2) is 0 Å². The van der Waals surface area contributed by atoms with Crippen LogP contribution < -0.4 is 0 Å². The number of nitriles is 1. The summed E-state index contributed by atoms with van der Waals surface area (Å²) in [4.78, 5) is 0. The van der Waals surface area contributed by atoms with E-state index in [1.165, 1.54) is 11.6 Å². The molecule has 0 spiro atoms. The summed E-state index contributed by atoms with van der Waals surface area (Å²) < 4.78 is 14.2. The van der Waals surface area contributed by atoms with E-state index in [0.29, 0.717) is 5.75 Å². The van der Waals surface area contributed by atoms with Gasteiger partial charge in [0, 0.05) is 11.2 Å². The summed E-state index contributed by atoms with van der Waals surface area (Å²) in [6.45, 7) is 5.00. The van der Waals surface area contributed by atoms with Crippen LogP contribution in [-0.2, 0) is 9.73 Å². The van der Waals surface area contributed by atoms with Crippen LogP contribution in [0.25, 0.3) is 0 Å². The van der Waals surface area contributed by atoms with Crippen molar-refractivity contribution in [2.45, 2.75) is 6.92 Å². The molecule has 0 aromatic heterocycles. The topological polar surface area (TPSA) is 53.2 Å². The van der Waals surface area contributed by atoms with Gasteiger partial charge in [-0.3, -0.25) is 0 Å². The Hall–Kier alpha value is -0.820. The van der Waals surface area contributed by atoms with E-state index in [0.717, 1.165) is 0 Å². The summed E-state index contributed by atoms with van der Waals surface area (Å²) in [5.74, 6) is 0.351. The molecule has 50 valence electrons. The Morgan fingerprint density at radius 1 is 2.00 bits per heavy atom. The Morgan fingerprint density at radius 2 is 2.56 bits per heavy atom. The highest BCUT2D eigenvalue weighted by molar-refractivity contribution is 7.96. The van der Waals surface area contributed by atoms with Gasteiger partial charge in [-0.15, -0.1) is 4.36 Å². The zero-order valence-corrected chi connectivity index (χ0v) is 6.02. The molecule has 1 unspecified atom stereocenters. The summed E-state index contributed by atoms with van der Waals surface area (Å²) in [7, 11) is -2.39. The molecule has 0 aromatic carbocycles. The first kappa shape index (κ1) is 8.18. The molecule has 0 aliphatic heterocycles. The van der Waals surface area contributed by atoms with Gasteiger partial charge < -0.3 is 0 Å². The monoisotopic (exact) mass is 144 g/mol. The fourth-order valence-corrected chi connectivity index (χ4v) is 0.866. The lowest BCUT2D eigenvalue weighted by molar-refractivity contribution is 0.683. The SMILES string of the molecule is C=CS(=O)(CC)=NC#N. The fraction of sp³-hybridized carbons (Fsp3) is 0.400. The van der Waals surface area contributed by atoms with Crippen molar-refractivity contribution >= 4 is 9.73 Å². The Bertz CT molecular complexity index is 242. The summed E-state index contributed by atoms with van der Waals surface area (Å²) in [5.41, 5.74) is 0. The maximum Gasteiger partial charge on any atom is 0.214 e. The van der Waals surface area contributed by atoms with Crippen molar-refractivity contribution < 1.29 is 4.21 Å². The predicted octanol–water partition coefficient (Wildman–Crippen LogP) is 1.10. The molecule has 4 heteroatoms. The lowest BCUT2D eigenvalue weighted by atomic mass is 11.0. The molecule has 1 atom stereocenters. The number of nitrogens with zero attached hydrogens (tertiary/aromatic N) is 2. The van der Waals surface area contributed by atoms with Crippen LogP contribution in [0.15, 0.2) is 16.3 Å². The van der Waals surface area contributed by atoms with Crippen molar-refractivity contribution in [3.05, 3.63) is 12.0 Å². The Labute approximate surface area is 55.2 Å². The highest BCUT2D eigenvalue weighted by Crippen LogP contribution is 1.94. The Kier molecular flexibility index (Phi) is 2.96. The van der Waals surface area contributed by atoms with Gasteiger partial charge in [-0.25, -0.2) is 4.21 Å². The normalized spacial score (nSPS) is 15.1. The van der Waals surface area contributed by atoms with Crippen LogP contribution in [0.4, 0.5) is 0 Å². The van der Waals surface area contributed by atoms with Gasteiger partial charge in [-0.1, -0.05) is 13.5 Å². The second kappa shape index (κ2) is 3.25. The van der Waals surface area contributed by atoms with Crippen molar-refractivity contribution in [2.75, 3.05) is 5.75 Å². The van der Waals surface area contributed by atoms with Gasteiger partial charge in [0.1, 0.15) is 0 Å². The van der Waals surface area contributed by atoms with E-state index in [1.807, 2.05) is 0 Å².